The minimum Gasteiger partial charge on any atom is -0.439 e. The van der Waals surface area contributed by atoms with Gasteiger partial charge in [-0.1, -0.05) is 22.0 Å². The van der Waals surface area contributed by atoms with Crippen molar-refractivity contribution in [2.75, 3.05) is 6.26 Å². The molecule has 0 spiro atoms. The molecular weight excluding hydrogens is 288 g/mol. The average Bonchev–Trinajstić information content (AvgIpc) is 2.29. The monoisotopic (exact) mass is 296 g/mol. The van der Waals surface area contributed by atoms with Gasteiger partial charge < -0.3 is 4.74 Å². The minimum atomic E-state index is 0.553. The van der Waals surface area contributed by atoms with E-state index in [9.17, 15) is 0 Å². The van der Waals surface area contributed by atoms with E-state index >= 15 is 0 Å². The van der Waals surface area contributed by atoms with Crippen molar-refractivity contribution in [1.29, 1.82) is 0 Å². The van der Waals surface area contributed by atoms with Crippen molar-refractivity contribution >= 4 is 27.7 Å². The molecule has 16 heavy (non-hydrogen) atoms. The van der Waals surface area contributed by atoms with Gasteiger partial charge in [0.1, 0.15) is 17.1 Å². The van der Waals surface area contributed by atoms with Crippen LogP contribution < -0.4 is 4.74 Å². The van der Waals surface area contributed by atoms with E-state index in [1.165, 1.54) is 6.33 Å². The standard InChI is InChI=1S/C11H9BrN2OS/c1-16-11-6-10(13-7-14-11)15-9-4-2-3-8(12)5-9/h2-7H,1H3. The maximum absolute atomic E-state index is 5.61. The molecular formula is C11H9BrN2OS. The van der Waals surface area contributed by atoms with Crippen LogP contribution in [0.1, 0.15) is 0 Å². The highest BCUT2D eigenvalue weighted by molar-refractivity contribution is 9.10. The molecule has 3 nitrogen and oxygen atoms in total. The fraction of sp³-hybridized carbons (Fsp3) is 0.0909. The van der Waals surface area contributed by atoms with Gasteiger partial charge in [-0.05, 0) is 24.5 Å². The SMILES string of the molecule is CSc1cc(Oc2cccc(Br)c2)ncn1. The summed E-state index contributed by atoms with van der Waals surface area (Å²) in [6.45, 7) is 0. The van der Waals surface area contributed by atoms with Crippen LogP contribution >= 0.6 is 27.7 Å². The van der Waals surface area contributed by atoms with Crippen LogP contribution in [0.4, 0.5) is 0 Å². The maximum atomic E-state index is 5.61. The van der Waals surface area contributed by atoms with Gasteiger partial charge in [0.25, 0.3) is 0 Å². The molecule has 5 heteroatoms. The van der Waals surface area contributed by atoms with E-state index in [-0.39, 0.29) is 0 Å². The van der Waals surface area contributed by atoms with Crippen LogP contribution in [-0.2, 0) is 0 Å². The van der Waals surface area contributed by atoms with Crippen LogP contribution in [0.25, 0.3) is 0 Å². The Labute approximate surface area is 106 Å². The first-order valence-corrected chi connectivity index (χ1v) is 6.59. The van der Waals surface area contributed by atoms with Crippen molar-refractivity contribution in [3.8, 4) is 11.6 Å². The second kappa shape index (κ2) is 5.32. The molecule has 2 aromatic rings. The van der Waals surface area contributed by atoms with Crippen LogP contribution in [0.15, 0.2) is 46.2 Å². The maximum Gasteiger partial charge on any atom is 0.223 e. The van der Waals surface area contributed by atoms with E-state index in [1.54, 1.807) is 11.8 Å². The normalized spacial score (nSPS) is 10.1. The summed E-state index contributed by atoms with van der Waals surface area (Å²) in [6, 6.07) is 9.44. The molecule has 0 atom stereocenters. The van der Waals surface area contributed by atoms with E-state index in [0.29, 0.717) is 5.88 Å². The second-order valence-corrected chi connectivity index (χ2v) is 4.70. The Balaban J connectivity index is 2.20. The summed E-state index contributed by atoms with van der Waals surface area (Å²) in [5, 5.41) is 0.889. The summed E-state index contributed by atoms with van der Waals surface area (Å²) in [7, 11) is 0. The Morgan fingerprint density at radius 3 is 2.88 bits per heavy atom. The Bertz CT molecular complexity index is 493. The number of hydrogen-bond acceptors (Lipinski definition) is 4. The van der Waals surface area contributed by atoms with Crippen molar-refractivity contribution < 1.29 is 4.74 Å². The zero-order valence-corrected chi connectivity index (χ0v) is 11.0. The molecule has 0 N–H and O–H groups in total. The lowest BCUT2D eigenvalue weighted by atomic mass is 10.3. The van der Waals surface area contributed by atoms with Crippen molar-refractivity contribution in [2.24, 2.45) is 0 Å². The number of hydrogen-bond donors (Lipinski definition) is 0. The fourth-order valence-electron chi connectivity index (χ4n) is 1.14. The van der Waals surface area contributed by atoms with Gasteiger partial charge in [0.05, 0.1) is 0 Å². The molecule has 0 saturated carbocycles. The van der Waals surface area contributed by atoms with Crippen LogP contribution in [0.3, 0.4) is 0 Å². The number of ether oxygens (including phenoxy) is 1. The zero-order valence-electron chi connectivity index (χ0n) is 8.55. The molecule has 1 aromatic heterocycles. The highest BCUT2D eigenvalue weighted by atomic mass is 79.9. The molecule has 0 fully saturated rings. The Morgan fingerprint density at radius 2 is 2.12 bits per heavy atom. The van der Waals surface area contributed by atoms with Crippen molar-refractivity contribution in [2.45, 2.75) is 5.03 Å². The van der Waals surface area contributed by atoms with Crippen LogP contribution in [-0.4, -0.2) is 16.2 Å². The molecule has 0 unspecified atom stereocenters. The molecule has 1 aromatic carbocycles. The number of benzene rings is 1. The number of thioether (sulfide) groups is 1. The first-order valence-electron chi connectivity index (χ1n) is 4.57. The quantitative estimate of drug-likeness (QED) is 0.638. The van der Waals surface area contributed by atoms with Gasteiger partial charge in [0.15, 0.2) is 0 Å². The lowest BCUT2D eigenvalue weighted by Crippen LogP contribution is -1.89. The number of nitrogens with zero attached hydrogens (tertiary/aromatic N) is 2. The molecule has 2 rings (SSSR count). The van der Waals surface area contributed by atoms with E-state index in [2.05, 4.69) is 25.9 Å². The summed E-state index contributed by atoms with van der Waals surface area (Å²) in [5.41, 5.74) is 0. The zero-order chi connectivity index (χ0) is 11.4. The van der Waals surface area contributed by atoms with Gasteiger partial charge in [0.2, 0.25) is 5.88 Å². The third-order valence-corrected chi connectivity index (χ3v) is 2.98. The second-order valence-electron chi connectivity index (χ2n) is 2.96. The fourth-order valence-corrected chi connectivity index (χ4v) is 1.89. The van der Waals surface area contributed by atoms with Crippen molar-refractivity contribution in [3.63, 3.8) is 0 Å². The van der Waals surface area contributed by atoms with E-state index in [1.807, 2.05) is 36.6 Å². The molecule has 0 saturated heterocycles. The van der Waals surface area contributed by atoms with Gasteiger partial charge in [-0.3, -0.25) is 0 Å². The minimum absolute atomic E-state index is 0.553. The van der Waals surface area contributed by atoms with E-state index < -0.39 is 0 Å². The smallest absolute Gasteiger partial charge is 0.223 e. The third-order valence-electron chi connectivity index (χ3n) is 1.84. The highest BCUT2D eigenvalue weighted by Crippen LogP contribution is 2.24. The molecule has 82 valence electrons. The average molecular weight is 297 g/mol. The van der Waals surface area contributed by atoms with Gasteiger partial charge in [-0.15, -0.1) is 11.8 Å². The van der Waals surface area contributed by atoms with E-state index in [0.717, 1.165) is 15.2 Å². The van der Waals surface area contributed by atoms with Crippen LogP contribution in [0.5, 0.6) is 11.6 Å². The van der Waals surface area contributed by atoms with Gasteiger partial charge in [-0.2, -0.15) is 0 Å². The molecule has 0 radical (unpaired) electrons. The number of halogens is 1. The number of rotatable bonds is 3. The first kappa shape index (κ1) is 11.4. The molecule has 1 heterocycles. The summed E-state index contributed by atoms with van der Waals surface area (Å²) in [4.78, 5) is 8.13. The van der Waals surface area contributed by atoms with Gasteiger partial charge in [0, 0.05) is 10.5 Å². The first-order chi connectivity index (χ1) is 7.78. The lowest BCUT2D eigenvalue weighted by molar-refractivity contribution is 0.458. The largest absolute Gasteiger partial charge is 0.439 e. The number of aromatic nitrogens is 2. The Morgan fingerprint density at radius 1 is 1.25 bits per heavy atom. The molecule has 0 aliphatic heterocycles. The van der Waals surface area contributed by atoms with Gasteiger partial charge >= 0.3 is 0 Å². The van der Waals surface area contributed by atoms with Gasteiger partial charge in [-0.25, -0.2) is 9.97 Å². The summed E-state index contributed by atoms with van der Waals surface area (Å²) in [6.07, 6.45) is 3.46. The van der Waals surface area contributed by atoms with Crippen molar-refractivity contribution in [3.05, 3.63) is 41.1 Å². The molecule has 0 aliphatic carbocycles. The van der Waals surface area contributed by atoms with E-state index in [4.69, 9.17) is 4.74 Å². The lowest BCUT2D eigenvalue weighted by Gasteiger charge is -2.05. The molecule has 0 amide bonds. The highest BCUT2D eigenvalue weighted by Gasteiger charge is 2.01. The Hall–Kier alpha value is -1.07. The summed E-state index contributed by atoms with van der Waals surface area (Å²) in [5.74, 6) is 1.30. The third kappa shape index (κ3) is 2.96. The molecule has 0 aliphatic rings. The molecule has 0 bridgehead atoms. The van der Waals surface area contributed by atoms with Crippen molar-refractivity contribution in [1.82, 2.24) is 9.97 Å². The Kier molecular flexibility index (Phi) is 3.79. The predicted molar refractivity (Wildman–Crippen MR) is 68.0 cm³/mol. The predicted octanol–water partition coefficient (Wildman–Crippen LogP) is 3.75. The van der Waals surface area contributed by atoms with Crippen LogP contribution in [0, 0.1) is 0 Å². The topological polar surface area (TPSA) is 35.0 Å². The summed E-state index contributed by atoms with van der Waals surface area (Å²) < 4.78 is 6.58. The van der Waals surface area contributed by atoms with Crippen LogP contribution in [0.2, 0.25) is 0 Å². The summed E-state index contributed by atoms with van der Waals surface area (Å²) >= 11 is 4.94.